The molecule has 0 aromatic heterocycles. The monoisotopic (exact) mass is 321 g/mol. The number of hydrogen-bond donors (Lipinski definition) is 2. The lowest BCUT2D eigenvalue weighted by Gasteiger charge is -2.43. The van der Waals surface area contributed by atoms with Crippen molar-refractivity contribution in [2.24, 2.45) is 0 Å². The molecule has 2 aliphatic rings. The number of nitrogens with one attached hydrogen (secondary N) is 1. The SMILES string of the molecule is O=C(O)C1(NC(=O)C2(c3ccc(Cl)cc3)CCC2)CCCC1. The summed E-state index contributed by atoms with van der Waals surface area (Å²) in [5.74, 6) is -1.06. The Hall–Kier alpha value is -1.55. The van der Waals surface area contributed by atoms with Gasteiger partial charge in [0.2, 0.25) is 5.91 Å². The summed E-state index contributed by atoms with van der Waals surface area (Å²) in [6.45, 7) is 0. The van der Waals surface area contributed by atoms with E-state index in [4.69, 9.17) is 11.6 Å². The maximum absolute atomic E-state index is 12.9. The molecule has 0 saturated heterocycles. The highest BCUT2D eigenvalue weighted by molar-refractivity contribution is 6.30. The molecule has 0 unspecified atom stereocenters. The molecular formula is C17H20ClNO3. The number of rotatable bonds is 4. The van der Waals surface area contributed by atoms with Crippen LogP contribution in [-0.4, -0.2) is 22.5 Å². The van der Waals surface area contributed by atoms with Crippen molar-refractivity contribution < 1.29 is 14.7 Å². The topological polar surface area (TPSA) is 66.4 Å². The van der Waals surface area contributed by atoms with Crippen LogP contribution in [0.15, 0.2) is 24.3 Å². The average molecular weight is 322 g/mol. The first-order valence-electron chi connectivity index (χ1n) is 7.81. The molecule has 118 valence electrons. The number of carboxylic acids is 1. The van der Waals surface area contributed by atoms with Gasteiger partial charge < -0.3 is 10.4 Å². The number of benzene rings is 1. The molecule has 0 radical (unpaired) electrons. The number of amides is 1. The van der Waals surface area contributed by atoms with Crippen molar-refractivity contribution in [1.82, 2.24) is 5.32 Å². The highest BCUT2D eigenvalue weighted by Crippen LogP contribution is 2.45. The summed E-state index contributed by atoms with van der Waals surface area (Å²) >= 11 is 5.93. The minimum absolute atomic E-state index is 0.148. The molecule has 5 heteroatoms. The predicted molar refractivity (Wildman–Crippen MR) is 84.0 cm³/mol. The third kappa shape index (κ3) is 2.39. The summed E-state index contributed by atoms with van der Waals surface area (Å²) in [7, 11) is 0. The van der Waals surface area contributed by atoms with Crippen molar-refractivity contribution in [2.75, 3.05) is 0 Å². The van der Waals surface area contributed by atoms with Crippen LogP contribution < -0.4 is 5.32 Å². The molecule has 3 rings (SSSR count). The van der Waals surface area contributed by atoms with Gasteiger partial charge in [-0.2, -0.15) is 0 Å². The summed E-state index contributed by atoms with van der Waals surface area (Å²) in [6, 6.07) is 7.33. The molecular weight excluding hydrogens is 302 g/mol. The first-order chi connectivity index (χ1) is 10.5. The van der Waals surface area contributed by atoms with Gasteiger partial charge in [-0.1, -0.05) is 43.0 Å². The standard InChI is InChI=1S/C17H20ClNO3/c18-13-6-4-12(5-7-13)16(8-3-9-16)14(20)19-17(15(21)22)10-1-2-11-17/h4-7H,1-3,8-11H2,(H,19,20)(H,21,22). The number of carboxylic acid groups (broad SMARTS) is 1. The first kappa shape index (κ1) is 15.3. The minimum atomic E-state index is -1.08. The van der Waals surface area contributed by atoms with Crippen LogP contribution >= 0.6 is 11.6 Å². The van der Waals surface area contributed by atoms with Crippen LogP contribution in [0.1, 0.15) is 50.5 Å². The second kappa shape index (κ2) is 5.58. The fraction of sp³-hybridized carbons (Fsp3) is 0.529. The Morgan fingerprint density at radius 3 is 2.05 bits per heavy atom. The van der Waals surface area contributed by atoms with Crippen molar-refractivity contribution in [3.63, 3.8) is 0 Å². The van der Waals surface area contributed by atoms with E-state index >= 15 is 0 Å². The lowest BCUT2D eigenvalue weighted by atomic mass is 9.63. The van der Waals surface area contributed by atoms with E-state index in [0.717, 1.165) is 37.7 Å². The molecule has 2 N–H and O–H groups in total. The minimum Gasteiger partial charge on any atom is -0.480 e. The third-order valence-electron chi connectivity index (χ3n) is 5.26. The zero-order valence-electron chi connectivity index (χ0n) is 12.4. The molecule has 22 heavy (non-hydrogen) atoms. The van der Waals surface area contributed by atoms with Gasteiger partial charge in [0, 0.05) is 5.02 Å². The Morgan fingerprint density at radius 1 is 1.00 bits per heavy atom. The molecule has 2 fully saturated rings. The largest absolute Gasteiger partial charge is 0.480 e. The van der Waals surface area contributed by atoms with E-state index in [1.807, 2.05) is 12.1 Å². The summed E-state index contributed by atoms with van der Waals surface area (Å²) in [4.78, 5) is 24.5. The quantitative estimate of drug-likeness (QED) is 0.894. The van der Waals surface area contributed by atoms with Crippen LogP contribution in [0.3, 0.4) is 0 Å². The molecule has 1 aromatic carbocycles. The highest BCUT2D eigenvalue weighted by atomic mass is 35.5. The van der Waals surface area contributed by atoms with Gasteiger partial charge in [-0.25, -0.2) is 4.79 Å². The van der Waals surface area contributed by atoms with Gasteiger partial charge in [0.1, 0.15) is 5.54 Å². The van der Waals surface area contributed by atoms with Crippen LogP contribution in [-0.2, 0) is 15.0 Å². The molecule has 1 amide bonds. The van der Waals surface area contributed by atoms with Crippen molar-refractivity contribution >= 4 is 23.5 Å². The number of carbonyl (C=O) groups excluding carboxylic acids is 1. The van der Waals surface area contributed by atoms with Gasteiger partial charge in [-0.3, -0.25) is 4.79 Å². The van der Waals surface area contributed by atoms with Crippen molar-refractivity contribution in [1.29, 1.82) is 0 Å². The summed E-state index contributed by atoms with van der Waals surface area (Å²) in [5.41, 5.74) is -0.735. The molecule has 4 nitrogen and oxygen atoms in total. The highest BCUT2D eigenvalue weighted by Gasteiger charge is 2.50. The predicted octanol–water partition coefficient (Wildman–Crippen LogP) is 3.28. The first-order valence-corrected chi connectivity index (χ1v) is 8.18. The molecule has 0 spiro atoms. The molecule has 0 bridgehead atoms. The maximum atomic E-state index is 12.9. The van der Waals surface area contributed by atoms with Crippen molar-refractivity contribution in [3.05, 3.63) is 34.9 Å². The maximum Gasteiger partial charge on any atom is 0.329 e. The van der Waals surface area contributed by atoms with E-state index < -0.39 is 16.9 Å². The second-order valence-electron chi connectivity index (χ2n) is 6.49. The normalized spacial score (nSPS) is 21.9. The van der Waals surface area contributed by atoms with Gasteiger partial charge >= 0.3 is 5.97 Å². The van der Waals surface area contributed by atoms with Crippen LogP contribution in [0.25, 0.3) is 0 Å². The molecule has 0 heterocycles. The number of halogens is 1. The summed E-state index contributed by atoms with van der Waals surface area (Å²) < 4.78 is 0. The van der Waals surface area contributed by atoms with E-state index in [1.54, 1.807) is 12.1 Å². The number of carbonyl (C=O) groups is 2. The summed E-state index contributed by atoms with van der Waals surface area (Å²) in [6.07, 6.45) is 5.24. The molecule has 1 aromatic rings. The van der Waals surface area contributed by atoms with Gasteiger partial charge in [0.15, 0.2) is 0 Å². The van der Waals surface area contributed by atoms with Crippen LogP contribution in [0.2, 0.25) is 5.02 Å². The van der Waals surface area contributed by atoms with Gasteiger partial charge in [0.25, 0.3) is 0 Å². The Morgan fingerprint density at radius 2 is 1.59 bits per heavy atom. The Balaban J connectivity index is 1.86. The van der Waals surface area contributed by atoms with E-state index in [-0.39, 0.29) is 5.91 Å². The lowest BCUT2D eigenvalue weighted by molar-refractivity contribution is -0.149. The fourth-order valence-corrected chi connectivity index (χ4v) is 3.78. The Bertz CT molecular complexity index is 586. The third-order valence-corrected chi connectivity index (χ3v) is 5.51. The molecule has 2 aliphatic carbocycles. The molecule has 2 saturated carbocycles. The molecule has 0 aliphatic heterocycles. The van der Waals surface area contributed by atoms with Gasteiger partial charge in [-0.15, -0.1) is 0 Å². The smallest absolute Gasteiger partial charge is 0.329 e. The van der Waals surface area contributed by atoms with Crippen molar-refractivity contribution in [3.8, 4) is 0 Å². The zero-order chi connectivity index (χ0) is 15.8. The zero-order valence-corrected chi connectivity index (χ0v) is 13.2. The van der Waals surface area contributed by atoms with Gasteiger partial charge in [0.05, 0.1) is 5.41 Å². The van der Waals surface area contributed by atoms with E-state index in [9.17, 15) is 14.7 Å². The van der Waals surface area contributed by atoms with E-state index in [1.165, 1.54) is 0 Å². The van der Waals surface area contributed by atoms with Crippen molar-refractivity contribution in [2.45, 2.75) is 55.9 Å². The van der Waals surface area contributed by atoms with E-state index in [2.05, 4.69) is 5.32 Å². The molecule has 0 atom stereocenters. The van der Waals surface area contributed by atoms with Crippen LogP contribution in [0.4, 0.5) is 0 Å². The fourth-order valence-electron chi connectivity index (χ4n) is 3.65. The number of hydrogen-bond acceptors (Lipinski definition) is 2. The van der Waals surface area contributed by atoms with Crippen LogP contribution in [0, 0.1) is 0 Å². The Labute approximate surface area is 134 Å². The number of aliphatic carboxylic acids is 1. The van der Waals surface area contributed by atoms with Crippen LogP contribution in [0.5, 0.6) is 0 Å². The summed E-state index contributed by atoms with van der Waals surface area (Å²) in [5, 5.41) is 13.1. The average Bonchev–Trinajstić information content (AvgIpc) is 2.89. The van der Waals surface area contributed by atoms with E-state index in [0.29, 0.717) is 17.9 Å². The second-order valence-corrected chi connectivity index (χ2v) is 6.93. The lowest BCUT2D eigenvalue weighted by Crippen LogP contribution is -2.59. The van der Waals surface area contributed by atoms with Gasteiger partial charge in [-0.05, 0) is 43.4 Å². The Kier molecular flexibility index (Phi) is 3.89.